The van der Waals surface area contributed by atoms with E-state index in [2.05, 4.69) is 18.0 Å². The molecule has 26 heavy (non-hydrogen) atoms. The monoisotopic (exact) mass is 370 g/mol. The molecule has 2 amide bonds. The predicted octanol–water partition coefficient (Wildman–Crippen LogP) is 4.24. The Morgan fingerprint density at radius 3 is 2.27 bits per heavy atom. The molecule has 0 bridgehead atoms. The van der Waals surface area contributed by atoms with E-state index in [1.54, 1.807) is 24.3 Å². The Morgan fingerprint density at radius 1 is 0.923 bits per heavy atom. The third kappa shape index (κ3) is 4.32. The Kier molecular flexibility index (Phi) is 6.07. The minimum atomic E-state index is -0.163. The number of hydrogen-bond acceptors (Lipinski definition) is 3. The number of unbranched alkanes of at least 4 members (excludes halogenated alkanes) is 2. The molecule has 0 spiro atoms. The normalized spacial score (nSPS) is 13.6. The number of halogens is 1. The second-order valence-electron chi connectivity index (χ2n) is 6.74. The van der Waals surface area contributed by atoms with Crippen LogP contribution in [0.15, 0.2) is 48.5 Å². The topological polar surface area (TPSA) is 40.6 Å². The smallest absolute Gasteiger partial charge is 0.261 e. The molecule has 0 fully saturated rings. The van der Waals surface area contributed by atoms with Gasteiger partial charge in [0, 0.05) is 18.1 Å². The van der Waals surface area contributed by atoms with E-state index in [0.717, 1.165) is 37.4 Å². The highest BCUT2D eigenvalue weighted by atomic mass is 35.5. The largest absolute Gasteiger partial charge is 0.302 e. The van der Waals surface area contributed by atoms with Gasteiger partial charge in [0.2, 0.25) is 0 Å². The molecule has 0 radical (unpaired) electrons. The van der Waals surface area contributed by atoms with E-state index in [9.17, 15) is 9.59 Å². The van der Waals surface area contributed by atoms with Gasteiger partial charge in [-0.3, -0.25) is 14.5 Å². The first-order valence-corrected chi connectivity index (χ1v) is 9.32. The van der Waals surface area contributed by atoms with Gasteiger partial charge in [-0.2, -0.15) is 0 Å². The van der Waals surface area contributed by atoms with E-state index in [0.29, 0.717) is 17.7 Å². The van der Waals surface area contributed by atoms with Crippen LogP contribution in [0.1, 0.15) is 45.5 Å². The molecule has 0 saturated carbocycles. The van der Waals surface area contributed by atoms with Crippen LogP contribution >= 0.6 is 11.6 Å². The zero-order valence-corrected chi connectivity index (χ0v) is 15.7. The standard InChI is InChI=1S/C21H23ClN2O2/c1-23(15-16-8-7-9-17(22)14-16)12-5-2-6-13-24-20(25)18-10-3-4-11-19(18)21(24)26/h3-4,7-11,14H,2,5-6,12-13,15H2,1H3. The van der Waals surface area contributed by atoms with E-state index in [-0.39, 0.29) is 11.8 Å². The summed E-state index contributed by atoms with van der Waals surface area (Å²) in [4.78, 5) is 28.2. The van der Waals surface area contributed by atoms with Gasteiger partial charge in [0.25, 0.3) is 11.8 Å². The van der Waals surface area contributed by atoms with E-state index < -0.39 is 0 Å². The van der Waals surface area contributed by atoms with Gasteiger partial charge in [0.05, 0.1) is 11.1 Å². The summed E-state index contributed by atoms with van der Waals surface area (Å²) in [5.41, 5.74) is 2.25. The molecule has 0 unspecified atom stereocenters. The van der Waals surface area contributed by atoms with E-state index in [1.165, 1.54) is 10.5 Å². The van der Waals surface area contributed by atoms with Crippen molar-refractivity contribution >= 4 is 23.4 Å². The third-order valence-corrected chi connectivity index (χ3v) is 4.88. The van der Waals surface area contributed by atoms with Gasteiger partial charge in [0.1, 0.15) is 0 Å². The highest BCUT2D eigenvalue weighted by Crippen LogP contribution is 2.22. The van der Waals surface area contributed by atoms with Crippen molar-refractivity contribution in [3.63, 3.8) is 0 Å². The molecule has 0 aromatic heterocycles. The number of benzene rings is 2. The Labute approximate surface area is 159 Å². The lowest BCUT2D eigenvalue weighted by atomic mass is 10.1. The molecule has 1 heterocycles. The molecule has 0 aliphatic carbocycles. The summed E-state index contributed by atoms with van der Waals surface area (Å²) >= 11 is 6.02. The van der Waals surface area contributed by atoms with Gasteiger partial charge in [-0.1, -0.05) is 42.3 Å². The first-order valence-electron chi connectivity index (χ1n) is 8.94. The predicted molar refractivity (Wildman–Crippen MR) is 103 cm³/mol. The second kappa shape index (κ2) is 8.47. The maximum Gasteiger partial charge on any atom is 0.261 e. The van der Waals surface area contributed by atoms with Gasteiger partial charge >= 0.3 is 0 Å². The maximum atomic E-state index is 12.3. The quantitative estimate of drug-likeness (QED) is 0.515. The number of carbonyl (C=O) groups is 2. The number of rotatable bonds is 8. The maximum absolute atomic E-state index is 12.3. The molecule has 4 nitrogen and oxygen atoms in total. The van der Waals surface area contributed by atoms with E-state index in [4.69, 9.17) is 11.6 Å². The van der Waals surface area contributed by atoms with Crippen LogP contribution in [0.2, 0.25) is 5.02 Å². The molecule has 5 heteroatoms. The number of fused-ring (bicyclic) bond motifs is 1. The Bertz CT molecular complexity index is 771. The molecule has 3 rings (SSSR count). The summed E-state index contributed by atoms with van der Waals surface area (Å²) < 4.78 is 0. The van der Waals surface area contributed by atoms with Crippen molar-refractivity contribution in [2.24, 2.45) is 0 Å². The van der Waals surface area contributed by atoms with Gasteiger partial charge < -0.3 is 4.90 Å². The van der Waals surface area contributed by atoms with Crippen LogP contribution in [0.5, 0.6) is 0 Å². The molecule has 0 atom stereocenters. The Morgan fingerprint density at radius 2 is 1.62 bits per heavy atom. The number of carbonyl (C=O) groups excluding carboxylic acids is 2. The van der Waals surface area contributed by atoms with Gasteiger partial charge in [-0.05, 0) is 56.3 Å². The minimum absolute atomic E-state index is 0.163. The number of nitrogens with zero attached hydrogens (tertiary/aromatic N) is 2. The fourth-order valence-electron chi connectivity index (χ4n) is 3.30. The summed E-state index contributed by atoms with van der Waals surface area (Å²) in [5.74, 6) is -0.327. The lowest BCUT2D eigenvalue weighted by Gasteiger charge is -2.17. The Hall–Kier alpha value is -2.17. The molecule has 2 aromatic carbocycles. The van der Waals surface area contributed by atoms with Crippen LogP contribution in [0, 0.1) is 0 Å². The van der Waals surface area contributed by atoms with Crippen LogP contribution in [0.4, 0.5) is 0 Å². The van der Waals surface area contributed by atoms with Crippen LogP contribution in [0.25, 0.3) is 0 Å². The van der Waals surface area contributed by atoms with Crippen LogP contribution in [0.3, 0.4) is 0 Å². The Balaban J connectivity index is 1.38. The van der Waals surface area contributed by atoms with Gasteiger partial charge in [0.15, 0.2) is 0 Å². The van der Waals surface area contributed by atoms with Gasteiger partial charge in [-0.15, -0.1) is 0 Å². The van der Waals surface area contributed by atoms with Crippen LogP contribution in [-0.2, 0) is 6.54 Å². The first kappa shape index (κ1) is 18.6. The lowest BCUT2D eigenvalue weighted by molar-refractivity contribution is 0.0651. The molecular formula is C21H23ClN2O2. The summed E-state index contributed by atoms with van der Waals surface area (Å²) in [7, 11) is 2.09. The molecule has 1 aliphatic heterocycles. The SMILES string of the molecule is CN(CCCCCN1C(=O)c2ccccc2C1=O)Cc1cccc(Cl)c1. The van der Waals surface area contributed by atoms with Crippen molar-refractivity contribution < 1.29 is 9.59 Å². The highest BCUT2D eigenvalue weighted by Gasteiger charge is 2.34. The lowest BCUT2D eigenvalue weighted by Crippen LogP contribution is -2.30. The molecule has 136 valence electrons. The number of amides is 2. The number of imide groups is 1. The van der Waals surface area contributed by atoms with Gasteiger partial charge in [-0.25, -0.2) is 0 Å². The van der Waals surface area contributed by atoms with Crippen molar-refractivity contribution in [3.05, 3.63) is 70.2 Å². The summed E-state index contributed by atoms with van der Waals surface area (Å²) in [6.45, 7) is 2.32. The summed E-state index contributed by atoms with van der Waals surface area (Å²) in [5, 5.41) is 0.761. The van der Waals surface area contributed by atoms with E-state index >= 15 is 0 Å². The fraction of sp³-hybridized carbons (Fsp3) is 0.333. The van der Waals surface area contributed by atoms with Crippen molar-refractivity contribution in [3.8, 4) is 0 Å². The zero-order chi connectivity index (χ0) is 18.5. The van der Waals surface area contributed by atoms with Crippen molar-refractivity contribution in [1.82, 2.24) is 9.80 Å². The fourth-order valence-corrected chi connectivity index (χ4v) is 3.51. The summed E-state index contributed by atoms with van der Waals surface area (Å²) in [6, 6.07) is 14.9. The number of hydrogen-bond donors (Lipinski definition) is 0. The third-order valence-electron chi connectivity index (χ3n) is 4.64. The van der Waals surface area contributed by atoms with E-state index in [1.807, 2.05) is 18.2 Å². The van der Waals surface area contributed by atoms with Crippen LogP contribution < -0.4 is 0 Å². The molecule has 0 saturated heterocycles. The minimum Gasteiger partial charge on any atom is -0.302 e. The molecule has 2 aromatic rings. The van der Waals surface area contributed by atoms with Crippen molar-refractivity contribution in [2.45, 2.75) is 25.8 Å². The van der Waals surface area contributed by atoms with Crippen molar-refractivity contribution in [1.29, 1.82) is 0 Å². The average molecular weight is 371 g/mol. The van der Waals surface area contributed by atoms with Crippen LogP contribution in [-0.4, -0.2) is 41.8 Å². The zero-order valence-electron chi connectivity index (χ0n) is 15.0. The molecule has 0 N–H and O–H groups in total. The first-order chi connectivity index (χ1) is 12.6. The average Bonchev–Trinajstić information content (AvgIpc) is 2.86. The summed E-state index contributed by atoms with van der Waals surface area (Å²) in [6.07, 6.45) is 2.84. The molecule has 1 aliphatic rings. The van der Waals surface area contributed by atoms with Crippen molar-refractivity contribution in [2.75, 3.05) is 20.1 Å². The second-order valence-corrected chi connectivity index (χ2v) is 7.17. The highest BCUT2D eigenvalue weighted by molar-refractivity contribution is 6.30. The molecular weight excluding hydrogens is 348 g/mol.